The van der Waals surface area contributed by atoms with Gasteiger partial charge >= 0.3 is 0 Å². The lowest BCUT2D eigenvalue weighted by molar-refractivity contribution is 0.173. The fourth-order valence-electron chi connectivity index (χ4n) is 1.70. The third-order valence-electron chi connectivity index (χ3n) is 2.26. The number of benzene rings is 1. The van der Waals surface area contributed by atoms with E-state index in [1.54, 1.807) is 0 Å². The average molecular weight is 162 g/mol. The van der Waals surface area contributed by atoms with E-state index in [1.807, 2.05) is 12.1 Å². The van der Waals surface area contributed by atoms with Gasteiger partial charge in [-0.05, 0) is 18.6 Å². The summed E-state index contributed by atoms with van der Waals surface area (Å²) in [6.45, 7) is 1.24. The van der Waals surface area contributed by atoms with Crippen LogP contribution >= 0.6 is 0 Å². The van der Waals surface area contributed by atoms with Crippen molar-refractivity contribution in [1.82, 2.24) is 5.32 Å². The summed E-state index contributed by atoms with van der Waals surface area (Å²) in [5, 5.41) is 4.34. The zero-order chi connectivity index (χ0) is 7.97. The topological polar surface area (TPSA) is 32.6 Å². The van der Waals surface area contributed by atoms with E-state index < -0.39 is 0 Å². The molecule has 0 fully saturated rings. The Morgan fingerprint density at radius 3 is 3.25 bits per heavy atom. The number of hydrogen-bond acceptors (Lipinski definition) is 2. The molecule has 0 amide bonds. The third kappa shape index (κ3) is 0.656. The summed E-state index contributed by atoms with van der Waals surface area (Å²) in [4.78, 5) is 0. The number of nitrogens with zero attached hydrogens (tertiary/aromatic N) is 1. The molecule has 0 atom stereocenters. The Morgan fingerprint density at radius 1 is 1.25 bits per heavy atom. The van der Waals surface area contributed by atoms with Crippen LogP contribution in [0.1, 0.15) is 5.56 Å². The Balaban J connectivity index is 2.24. The van der Waals surface area contributed by atoms with Gasteiger partial charge in [0.15, 0.2) is 11.5 Å². The van der Waals surface area contributed by atoms with E-state index in [2.05, 4.69) is 5.32 Å². The lowest BCUT2D eigenvalue weighted by Crippen LogP contribution is -1.94. The summed E-state index contributed by atoms with van der Waals surface area (Å²) in [6, 6.07) is 3.92. The summed E-state index contributed by atoms with van der Waals surface area (Å²) < 4.78 is 10.6. The van der Waals surface area contributed by atoms with Crippen LogP contribution in [-0.2, 0) is 6.42 Å². The fourth-order valence-corrected chi connectivity index (χ4v) is 1.70. The maximum Gasteiger partial charge on any atom is 0.231 e. The summed E-state index contributed by atoms with van der Waals surface area (Å²) in [7, 11) is 0. The van der Waals surface area contributed by atoms with Gasteiger partial charge < -0.3 is 9.47 Å². The van der Waals surface area contributed by atoms with Crippen molar-refractivity contribution in [3.63, 3.8) is 0 Å². The van der Waals surface area contributed by atoms with Crippen molar-refractivity contribution in [2.24, 2.45) is 0 Å². The molecule has 1 radical (unpaired) electrons. The van der Waals surface area contributed by atoms with Crippen LogP contribution < -0.4 is 14.8 Å². The second kappa shape index (κ2) is 2.06. The maximum absolute atomic E-state index is 5.36. The molecule has 1 aromatic rings. The largest absolute Gasteiger partial charge is 0.454 e. The van der Waals surface area contributed by atoms with Crippen molar-refractivity contribution >= 4 is 5.69 Å². The molecule has 0 aliphatic carbocycles. The van der Waals surface area contributed by atoms with E-state index in [-0.39, 0.29) is 0 Å². The predicted octanol–water partition coefficient (Wildman–Crippen LogP) is 1.21. The quantitative estimate of drug-likeness (QED) is 0.574. The Morgan fingerprint density at radius 2 is 2.25 bits per heavy atom. The second-order valence-corrected chi connectivity index (χ2v) is 2.93. The van der Waals surface area contributed by atoms with E-state index in [1.165, 1.54) is 5.56 Å². The van der Waals surface area contributed by atoms with E-state index in [0.717, 1.165) is 30.2 Å². The molecule has 1 aromatic carbocycles. The first-order valence-corrected chi connectivity index (χ1v) is 4.04. The van der Waals surface area contributed by atoms with Crippen LogP contribution in [-0.4, -0.2) is 13.3 Å². The minimum atomic E-state index is 0.353. The van der Waals surface area contributed by atoms with Crippen LogP contribution in [0.5, 0.6) is 11.5 Å². The van der Waals surface area contributed by atoms with E-state index in [0.29, 0.717) is 6.79 Å². The van der Waals surface area contributed by atoms with Crippen LogP contribution in [0.25, 0.3) is 0 Å². The smallest absolute Gasteiger partial charge is 0.231 e. The van der Waals surface area contributed by atoms with Crippen molar-refractivity contribution in [2.45, 2.75) is 6.42 Å². The lowest BCUT2D eigenvalue weighted by Gasteiger charge is -2.01. The Bertz CT molecular complexity index is 303. The predicted molar refractivity (Wildman–Crippen MR) is 42.9 cm³/mol. The minimum absolute atomic E-state index is 0.353. The number of rotatable bonds is 0. The SMILES string of the molecule is c1cc2c(c3c1[N]CC3)OCO2. The molecule has 3 nitrogen and oxygen atoms in total. The van der Waals surface area contributed by atoms with Gasteiger partial charge in [0.2, 0.25) is 6.79 Å². The van der Waals surface area contributed by atoms with Crippen molar-refractivity contribution in [1.29, 1.82) is 0 Å². The minimum Gasteiger partial charge on any atom is -0.454 e. The molecule has 61 valence electrons. The van der Waals surface area contributed by atoms with Crippen molar-refractivity contribution in [2.75, 3.05) is 13.3 Å². The highest BCUT2D eigenvalue weighted by Crippen LogP contribution is 2.41. The van der Waals surface area contributed by atoms with Crippen LogP contribution in [0.2, 0.25) is 0 Å². The Labute approximate surface area is 70.3 Å². The van der Waals surface area contributed by atoms with Gasteiger partial charge in [-0.3, -0.25) is 5.32 Å². The highest BCUT2D eigenvalue weighted by molar-refractivity contribution is 5.62. The van der Waals surface area contributed by atoms with E-state index in [4.69, 9.17) is 9.47 Å². The molecular formula is C9H8NO2. The monoisotopic (exact) mass is 162 g/mol. The van der Waals surface area contributed by atoms with Crippen LogP contribution in [0.4, 0.5) is 5.69 Å². The Hall–Kier alpha value is -1.38. The van der Waals surface area contributed by atoms with Gasteiger partial charge in [0.05, 0.1) is 5.69 Å². The first-order valence-electron chi connectivity index (χ1n) is 4.04. The fraction of sp³-hybridized carbons (Fsp3) is 0.333. The van der Waals surface area contributed by atoms with E-state index in [9.17, 15) is 0 Å². The summed E-state index contributed by atoms with van der Waals surface area (Å²) in [5.74, 6) is 1.78. The van der Waals surface area contributed by atoms with Crippen LogP contribution in [0.15, 0.2) is 12.1 Å². The molecule has 3 heteroatoms. The van der Waals surface area contributed by atoms with Gasteiger partial charge in [0.25, 0.3) is 0 Å². The highest BCUT2D eigenvalue weighted by atomic mass is 16.7. The van der Waals surface area contributed by atoms with Gasteiger partial charge in [-0.25, -0.2) is 0 Å². The molecule has 2 heterocycles. The summed E-state index contributed by atoms with van der Waals surface area (Å²) >= 11 is 0. The van der Waals surface area contributed by atoms with Crippen LogP contribution in [0, 0.1) is 0 Å². The van der Waals surface area contributed by atoms with Gasteiger partial charge in [-0.15, -0.1) is 0 Å². The molecule has 0 saturated heterocycles. The molecule has 2 aliphatic heterocycles. The third-order valence-corrected chi connectivity index (χ3v) is 2.26. The molecule has 3 rings (SSSR count). The van der Waals surface area contributed by atoms with Crippen molar-refractivity contribution in [3.05, 3.63) is 17.7 Å². The molecule has 0 aromatic heterocycles. The van der Waals surface area contributed by atoms with E-state index >= 15 is 0 Å². The van der Waals surface area contributed by atoms with Crippen LogP contribution in [0.3, 0.4) is 0 Å². The number of ether oxygens (including phenoxy) is 2. The zero-order valence-corrected chi connectivity index (χ0v) is 6.54. The molecule has 0 bridgehead atoms. The standard InChI is InChI=1S/C9H8NO2/c1-2-8-9(12-5-11-8)6-3-4-10-7(1)6/h1-2H,3-5H2. The highest BCUT2D eigenvalue weighted by Gasteiger charge is 2.23. The molecule has 0 spiro atoms. The van der Waals surface area contributed by atoms with Crippen molar-refractivity contribution < 1.29 is 9.47 Å². The molecule has 0 unspecified atom stereocenters. The number of fused-ring (bicyclic) bond motifs is 3. The number of hydrogen-bond donors (Lipinski definition) is 0. The Kier molecular flexibility index (Phi) is 1.06. The first-order chi connectivity index (χ1) is 5.95. The molecule has 0 N–H and O–H groups in total. The first kappa shape index (κ1) is 6.17. The van der Waals surface area contributed by atoms with Gasteiger partial charge in [-0.2, -0.15) is 0 Å². The van der Waals surface area contributed by atoms with Gasteiger partial charge in [0, 0.05) is 12.1 Å². The molecular weight excluding hydrogens is 154 g/mol. The van der Waals surface area contributed by atoms with Crippen molar-refractivity contribution in [3.8, 4) is 11.5 Å². The van der Waals surface area contributed by atoms with Gasteiger partial charge in [-0.1, -0.05) is 0 Å². The normalized spacial score (nSPS) is 17.3. The molecule has 12 heavy (non-hydrogen) atoms. The second-order valence-electron chi connectivity index (χ2n) is 2.93. The molecule has 2 aliphatic rings. The maximum atomic E-state index is 5.36. The zero-order valence-electron chi connectivity index (χ0n) is 6.54. The molecule has 0 saturated carbocycles. The average Bonchev–Trinajstić information content (AvgIpc) is 2.71. The van der Waals surface area contributed by atoms with Gasteiger partial charge in [0.1, 0.15) is 0 Å². The lowest BCUT2D eigenvalue weighted by atomic mass is 10.1. The summed E-state index contributed by atoms with van der Waals surface area (Å²) in [5.41, 5.74) is 2.28. The summed E-state index contributed by atoms with van der Waals surface area (Å²) in [6.07, 6.45) is 0.988.